The maximum atomic E-state index is 11.9. The lowest BCUT2D eigenvalue weighted by molar-refractivity contribution is -0.138. The molecule has 1 fully saturated rings. The smallest absolute Gasteiger partial charge is 0.303 e. The molecule has 1 saturated carbocycles. The van der Waals surface area contributed by atoms with E-state index in [2.05, 4.69) is 28.9 Å². The third-order valence-electron chi connectivity index (χ3n) is 4.98. The van der Waals surface area contributed by atoms with Crippen LogP contribution in [0.4, 0.5) is 5.69 Å². The van der Waals surface area contributed by atoms with Gasteiger partial charge in [0.05, 0.1) is 12.1 Å². The molecule has 1 aliphatic rings. The molecule has 3 aromatic rings. The molecule has 1 amide bonds. The normalized spacial score (nSPS) is 14.1. The number of nitrogens with zero attached hydrogens (tertiary/aromatic N) is 1. The first-order valence-electron chi connectivity index (χ1n) is 9.10. The quantitative estimate of drug-likeness (QED) is 0.628. The SMILES string of the molecule is O=C(O)CCC(=O)Nc1ccc2ccc(-c3nc(C4CCC4)cs3)cc2c1. The Morgan fingerprint density at radius 1 is 1.11 bits per heavy atom. The van der Waals surface area contributed by atoms with Gasteiger partial charge in [-0.25, -0.2) is 4.98 Å². The van der Waals surface area contributed by atoms with E-state index in [9.17, 15) is 9.59 Å². The summed E-state index contributed by atoms with van der Waals surface area (Å²) in [6.07, 6.45) is 3.58. The number of aromatic nitrogens is 1. The zero-order valence-corrected chi connectivity index (χ0v) is 15.6. The fourth-order valence-electron chi connectivity index (χ4n) is 3.21. The van der Waals surface area contributed by atoms with Gasteiger partial charge in [-0.1, -0.05) is 24.6 Å². The Balaban J connectivity index is 1.54. The number of carbonyl (C=O) groups excluding carboxylic acids is 1. The van der Waals surface area contributed by atoms with Gasteiger partial charge in [0.15, 0.2) is 0 Å². The number of thiazole rings is 1. The van der Waals surface area contributed by atoms with Crippen molar-refractivity contribution in [2.45, 2.75) is 38.0 Å². The average molecular weight is 380 g/mol. The van der Waals surface area contributed by atoms with Crippen molar-refractivity contribution >= 4 is 39.7 Å². The lowest BCUT2D eigenvalue weighted by atomic mass is 9.83. The minimum Gasteiger partial charge on any atom is -0.481 e. The lowest BCUT2D eigenvalue weighted by Gasteiger charge is -2.22. The second kappa shape index (κ2) is 7.48. The summed E-state index contributed by atoms with van der Waals surface area (Å²) in [6.45, 7) is 0. The Kier molecular flexibility index (Phi) is 4.90. The summed E-state index contributed by atoms with van der Waals surface area (Å²) in [6, 6.07) is 11.9. The number of hydrogen-bond acceptors (Lipinski definition) is 4. The highest BCUT2D eigenvalue weighted by Crippen LogP contribution is 2.38. The number of carboxylic acids is 1. The summed E-state index contributed by atoms with van der Waals surface area (Å²) in [5, 5.41) is 16.7. The molecule has 138 valence electrons. The van der Waals surface area contributed by atoms with Crippen LogP contribution in [0.3, 0.4) is 0 Å². The molecule has 0 saturated heterocycles. The fraction of sp³-hybridized carbons (Fsp3) is 0.286. The first-order valence-corrected chi connectivity index (χ1v) is 9.98. The number of rotatable bonds is 6. The van der Waals surface area contributed by atoms with Crippen LogP contribution in [-0.4, -0.2) is 22.0 Å². The van der Waals surface area contributed by atoms with Gasteiger partial charge in [0, 0.05) is 29.0 Å². The van der Waals surface area contributed by atoms with Gasteiger partial charge in [-0.2, -0.15) is 0 Å². The van der Waals surface area contributed by atoms with E-state index >= 15 is 0 Å². The number of anilines is 1. The van der Waals surface area contributed by atoms with Crippen LogP contribution in [0.1, 0.15) is 43.7 Å². The van der Waals surface area contributed by atoms with Crippen molar-refractivity contribution in [1.29, 1.82) is 0 Å². The fourth-order valence-corrected chi connectivity index (χ4v) is 4.11. The molecule has 0 unspecified atom stereocenters. The van der Waals surface area contributed by atoms with Crippen molar-refractivity contribution in [3.05, 3.63) is 47.5 Å². The van der Waals surface area contributed by atoms with Crippen LogP contribution in [0.25, 0.3) is 21.3 Å². The molecule has 0 bridgehead atoms. The molecule has 4 rings (SSSR count). The molecule has 1 aliphatic carbocycles. The third kappa shape index (κ3) is 4.01. The van der Waals surface area contributed by atoms with Crippen molar-refractivity contribution in [3.8, 4) is 10.6 Å². The van der Waals surface area contributed by atoms with Crippen LogP contribution in [0, 0.1) is 0 Å². The third-order valence-corrected chi connectivity index (χ3v) is 5.89. The van der Waals surface area contributed by atoms with Crippen LogP contribution in [0.15, 0.2) is 41.8 Å². The van der Waals surface area contributed by atoms with E-state index in [1.807, 2.05) is 18.2 Å². The Bertz CT molecular complexity index is 1010. The molecular formula is C21H20N2O3S. The van der Waals surface area contributed by atoms with E-state index in [4.69, 9.17) is 10.1 Å². The number of fused-ring (bicyclic) bond motifs is 1. The number of aliphatic carboxylic acids is 1. The molecule has 1 aromatic heterocycles. The van der Waals surface area contributed by atoms with Crippen molar-refractivity contribution < 1.29 is 14.7 Å². The molecule has 0 aliphatic heterocycles. The maximum Gasteiger partial charge on any atom is 0.303 e. The second-order valence-corrected chi connectivity index (χ2v) is 7.78. The summed E-state index contributed by atoms with van der Waals surface area (Å²) >= 11 is 1.68. The summed E-state index contributed by atoms with van der Waals surface area (Å²) in [7, 11) is 0. The summed E-state index contributed by atoms with van der Waals surface area (Å²) < 4.78 is 0. The number of nitrogens with one attached hydrogen (secondary N) is 1. The number of benzene rings is 2. The van der Waals surface area contributed by atoms with Gasteiger partial charge in [-0.3, -0.25) is 9.59 Å². The minimum atomic E-state index is -0.974. The first-order chi connectivity index (χ1) is 13.1. The Morgan fingerprint density at radius 3 is 2.67 bits per heavy atom. The van der Waals surface area contributed by atoms with Gasteiger partial charge in [-0.15, -0.1) is 11.3 Å². The molecule has 5 nitrogen and oxygen atoms in total. The van der Waals surface area contributed by atoms with E-state index in [-0.39, 0.29) is 18.7 Å². The highest BCUT2D eigenvalue weighted by molar-refractivity contribution is 7.13. The predicted octanol–water partition coefficient (Wildman–Crippen LogP) is 5.03. The second-order valence-electron chi connectivity index (χ2n) is 6.92. The van der Waals surface area contributed by atoms with Crippen LogP contribution in [0.5, 0.6) is 0 Å². The molecule has 27 heavy (non-hydrogen) atoms. The average Bonchev–Trinajstić information content (AvgIpc) is 3.07. The van der Waals surface area contributed by atoms with Crippen molar-refractivity contribution in [3.63, 3.8) is 0 Å². The van der Waals surface area contributed by atoms with E-state index in [0.717, 1.165) is 21.3 Å². The molecular weight excluding hydrogens is 360 g/mol. The summed E-state index contributed by atoms with van der Waals surface area (Å²) in [5.74, 6) is -0.640. The molecule has 0 radical (unpaired) electrons. The van der Waals surface area contributed by atoms with Gasteiger partial charge in [0.2, 0.25) is 5.91 Å². The van der Waals surface area contributed by atoms with Crippen LogP contribution < -0.4 is 5.32 Å². The Hall–Kier alpha value is -2.73. The van der Waals surface area contributed by atoms with Gasteiger partial charge in [0.1, 0.15) is 5.01 Å². The van der Waals surface area contributed by atoms with Crippen LogP contribution in [-0.2, 0) is 9.59 Å². The molecule has 2 N–H and O–H groups in total. The largest absolute Gasteiger partial charge is 0.481 e. The van der Waals surface area contributed by atoms with Gasteiger partial charge in [-0.05, 0) is 41.8 Å². The van der Waals surface area contributed by atoms with E-state index in [0.29, 0.717) is 11.6 Å². The van der Waals surface area contributed by atoms with E-state index < -0.39 is 5.97 Å². The Labute approximate surface area is 161 Å². The zero-order chi connectivity index (χ0) is 18.8. The van der Waals surface area contributed by atoms with Gasteiger partial charge >= 0.3 is 5.97 Å². The number of carbonyl (C=O) groups is 2. The lowest BCUT2D eigenvalue weighted by Crippen LogP contribution is -2.13. The van der Waals surface area contributed by atoms with Gasteiger partial charge < -0.3 is 10.4 Å². The van der Waals surface area contributed by atoms with Gasteiger partial charge in [0.25, 0.3) is 0 Å². The van der Waals surface area contributed by atoms with Crippen molar-refractivity contribution in [2.75, 3.05) is 5.32 Å². The first kappa shape index (κ1) is 17.7. The van der Waals surface area contributed by atoms with E-state index in [1.54, 1.807) is 11.3 Å². The van der Waals surface area contributed by atoms with Crippen molar-refractivity contribution in [2.24, 2.45) is 0 Å². The highest BCUT2D eigenvalue weighted by Gasteiger charge is 2.22. The monoisotopic (exact) mass is 380 g/mol. The zero-order valence-electron chi connectivity index (χ0n) is 14.8. The topological polar surface area (TPSA) is 79.3 Å². The summed E-state index contributed by atoms with van der Waals surface area (Å²) in [5.41, 5.74) is 2.96. The number of amides is 1. The van der Waals surface area contributed by atoms with E-state index in [1.165, 1.54) is 25.0 Å². The predicted molar refractivity (Wildman–Crippen MR) is 107 cm³/mol. The highest BCUT2D eigenvalue weighted by atomic mass is 32.1. The molecule has 1 heterocycles. The maximum absolute atomic E-state index is 11.9. The van der Waals surface area contributed by atoms with Crippen LogP contribution in [0.2, 0.25) is 0 Å². The standard InChI is InChI=1S/C21H20N2O3S/c24-19(8-9-20(25)26)22-17-7-6-13-4-5-15(10-16(13)11-17)21-23-18(12-27-21)14-2-1-3-14/h4-7,10-12,14H,1-3,8-9H2,(H,22,24)(H,25,26). The molecule has 6 heteroatoms. The van der Waals surface area contributed by atoms with Crippen molar-refractivity contribution in [1.82, 2.24) is 4.98 Å². The number of carboxylic acid groups (broad SMARTS) is 1. The molecule has 0 atom stereocenters. The number of hydrogen-bond donors (Lipinski definition) is 2. The molecule has 2 aromatic carbocycles. The summed E-state index contributed by atoms with van der Waals surface area (Å²) in [4.78, 5) is 27.3. The minimum absolute atomic E-state index is 0.0313. The Morgan fingerprint density at radius 2 is 1.93 bits per heavy atom. The van der Waals surface area contributed by atoms with Crippen LogP contribution >= 0.6 is 11.3 Å². The molecule has 0 spiro atoms.